The minimum absolute atomic E-state index is 0. The highest BCUT2D eigenvalue weighted by molar-refractivity contribution is 4.70. The zero-order valence-corrected chi connectivity index (χ0v) is 6.42. The SMILES string of the molecule is C.CC.CC(O)CC1CO1. The van der Waals surface area contributed by atoms with E-state index in [0.29, 0.717) is 6.10 Å². The van der Waals surface area contributed by atoms with Gasteiger partial charge in [-0.25, -0.2) is 0 Å². The maximum Gasteiger partial charge on any atom is 0.0834 e. The summed E-state index contributed by atoms with van der Waals surface area (Å²) < 4.78 is 4.86. The van der Waals surface area contributed by atoms with E-state index in [0.717, 1.165) is 13.0 Å². The van der Waals surface area contributed by atoms with Crippen molar-refractivity contribution < 1.29 is 9.84 Å². The zero-order valence-electron chi connectivity index (χ0n) is 6.42. The van der Waals surface area contributed by atoms with Crippen LogP contribution in [0.3, 0.4) is 0 Å². The van der Waals surface area contributed by atoms with E-state index in [1.807, 2.05) is 13.8 Å². The van der Waals surface area contributed by atoms with Crippen LogP contribution in [0.2, 0.25) is 0 Å². The Morgan fingerprint density at radius 1 is 1.60 bits per heavy atom. The molecule has 10 heavy (non-hydrogen) atoms. The van der Waals surface area contributed by atoms with Gasteiger partial charge in [-0.2, -0.15) is 0 Å². The van der Waals surface area contributed by atoms with Crippen LogP contribution >= 0.6 is 0 Å². The Balaban J connectivity index is 0. The predicted octanol–water partition coefficient (Wildman–Crippen LogP) is 1.82. The van der Waals surface area contributed by atoms with Gasteiger partial charge in [0.05, 0.1) is 18.8 Å². The fourth-order valence-corrected chi connectivity index (χ4v) is 0.585. The highest BCUT2D eigenvalue weighted by Gasteiger charge is 2.23. The van der Waals surface area contributed by atoms with E-state index in [-0.39, 0.29) is 13.5 Å². The van der Waals surface area contributed by atoms with Gasteiger partial charge in [0.1, 0.15) is 0 Å². The van der Waals surface area contributed by atoms with E-state index in [9.17, 15) is 0 Å². The van der Waals surface area contributed by atoms with E-state index in [2.05, 4.69) is 0 Å². The van der Waals surface area contributed by atoms with Crippen LogP contribution in [0, 0.1) is 0 Å². The lowest BCUT2D eigenvalue weighted by atomic mass is 10.2. The summed E-state index contributed by atoms with van der Waals surface area (Å²) in [7, 11) is 0. The number of aliphatic hydroxyl groups is 1. The average molecular weight is 148 g/mol. The fourth-order valence-electron chi connectivity index (χ4n) is 0.585. The van der Waals surface area contributed by atoms with Crippen molar-refractivity contribution in [3.05, 3.63) is 0 Å². The van der Waals surface area contributed by atoms with Crippen LogP contribution in [0.4, 0.5) is 0 Å². The second-order valence-electron chi connectivity index (χ2n) is 2.04. The number of aliphatic hydroxyl groups excluding tert-OH is 1. The average Bonchev–Trinajstić information content (AvgIpc) is 2.55. The van der Waals surface area contributed by atoms with E-state index in [4.69, 9.17) is 9.84 Å². The lowest BCUT2D eigenvalue weighted by Gasteiger charge is -1.95. The second kappa shape index (κ2) is 7.03. The molecule has 0 aromatic carbocycles. The normalized spacial score (nSPS) is 23.4. The number of hydrogen-bond acceptors (Lipinski definition) is 2. The van der Waals surface area contributed by atoms with Crippen LogP contribution in [-0.2, 0) is 4.74 Å². The van der Waals surface area contributed by atoms with Gasteiger partial charge >= 0.3 is 0 Å². The first-order valence-corrected chi connectivity index (χ1v) is 3.58. The van der Waals surface area contributed by atoms with Crippen LogP contribution in [0.1, 0.15) is 34.6 Å². The maximum atomic E-state index is 8.68. The van der Waals surface area contributed by atoms with Gasteiger partial charge in [0.15, 0.2) is 0 Å². The molecule has 0 amide bonds. The molecule has 2 atom stereocenters. The number of epoxide rings is 1. The number of hydrogen-bond donors (Lipinski definition) is 1. The van der Waals surface area contributed by atoms with Crippen molar-refractivity contribution in [2.24, 2.45) is 0 Å². The first-order chi connectivity index (χ1) is 4.29. The van der Waals surface area contributed by atoms with E-state index < -0.39 is 0 Å². The Morgan fingerprint density at radius 2 is 2.00 bits per heavy atom. The van der Waals surface area contributed by atoms with Gasteiger partial charge in [0, 0.05) is 6.42 Å². The fraction of sp³-hybridized carbons (Fsp3) is 1.00. The van der Waals surface area contributed by atoms with Crippen molar-refractivity contribution >= 4 is 0 Å². The molecule has 1 saturated heterocycles. The summed E-state index contributed by atoms with van der Waals surface area (Å²) in [6.45, 7) is 6.63. The second-order valence-corrected chi connectivity index (χ2v) is 2.04. The van der Waals surface area contributed by atoms with E-state index in [1.165, 1.54) is 0 Å². The summed E-state index contributed by atoms with van der Waals surface area (Å²) in [5, 5.41) is 8.68. The van der Waals surface area contributed by atoms with Gasteiger partial charge in [0.2, 0.25) is 0 Å². The summed E-state index contributed by atoms with van der Waals surface area (Å²) >= 11 is 0. The Kier molecular flexibility index (Phi) is 8.85. The Hall–Kier alpha value is -0.0800. The first kappa shape index (κ1) is 12.6. The van der Waals surface area contributed by atoms with Crippen molar-refractivity contribution in [3.8, 4) is 0 Å². The van der Waals surface area contributed by atoms with Gasteiger partial charge in [0.25, 0.3) is 0 Å². The molecule has 2 unspecified atom stereocenters. The van der Waals surface area contributed by atoms with Crippen LogP contribution in [0.5, 0.6) is 0 Å². The molecule has 0 aliphatic carbocycles. The van der Waals surface area contributed by atoms with Crippen LogP contribution < -0.4 is 0 Å². The summed E-state index contributed by atoms with van der Waals surface area (Å²) in [6.07, 6.45) is 0.993. The van der Waals surface area contributed by atoms with Crippen LogP contribution in [-0.4, -0.2) is 23.9 Å². The molecule has 1 rings (SSSR count). The van der Waals surface area contributed by atoms with Crippen molar-refractivity contribution in [1.82, 2.24) is 0 Å². The highest BCUT2D eigenvalue weighted by Crippen LogP contribution is 2.14. The monoisotopic (exact) mass is 148 g/mol. The Labute approximate surface area is 64.2 Å². The predicted molar refractivity (Wildman–Crippen MR) is 44.1 cm³/mol. The topological polar surface area (TPSA) is 32.8 Å². The van der Waals surface area contributed by atoms with Crippen molar-refractivity contribution in [2.45, 2.75) is 46.8 Å². The molecular formula is C8H20O2. The van der Waals surface area contributed by atoms with Crippen LogP contribution in [0.15, 0.2) is 0 Å². The highest BCUT2D eigenvalue weighted by atomic mass is 16.6. The molecule has 1 aliphatic rings. The van der Waals surface area contributed by atoms with E-state index >= 15 is 0 Å². The third-order valence-corrected chi connectivity index (χ3v) is 1.01. The van der Waals surface area contributed by atoms with Crippen molar-refractivity contribution in [2.75, 3.05) is 6.61 Å². The number of ether oxygens (including phenoxy) is 1. The Morgan fingerprint density at radius 3 is 2.10 bits per heavy atom. The molecule has 2 heteroatoms. The molecule has 0 saturated carbocycles. The van der Waals surface area contributed by atoms with Crippen LogP contribution in [0.25, 0.3) is 0 Å². The molecule has 64 valence electrons. The first-order valence-electron chi connectivity index (χ1n) is 3.58. The van der Waals surface area contributed by atoms with Crippen molar-refractivity contribution in [3.63, 3.8) is 0 Å². The van der Waals surface area contributed by atoms with Gasteiger partial charge in [-0.15, -0.1) is 0 Å². The maximum absolute atomic E-state index is 8.68. The quantitative estimate of drug-likeness (QED) is 0.606. The lowest BCUT2D eigenvalue weighted by molar-refractivity contribution is 0.170. The zero-order chi connectivity index (χ0) is 7.28. The van der Waals surface area contributed by atoms with Crippen molar-refractivity contribution in [1.29, 1.82) is 0 Å². The summed E-state index contributed by atoms with van der Waals surface area (Å²) in [5.74, 6) is 0. The van der Waals surface area contributed by atoms with Gasteiger partial charge in [-0.05, 0) is 6.92 Å². The molecule has 0 aromatic heterocycles. The molecular weight excluding hydrogens is 128 g/mol. The molecule has 2 nitrogen and oxygen atoms in total. The standard InChI is InChI=1S/C5H10O2.C2H6.CH4/c1-4(6)2-5-3-7-5;1-2;/h4-6H,2-3H2,1H3;1-2H3;1H4. The Bertz CT molecular complexity index is 58.3. The minimum atomic E-state index is -0.188. The molecule has 1 N–H and O–H groups in total. The molecule has 0 bridgehead atoms. The van der Waals surface area contributed by atoms with E-state index in [1.54, 1.807) is 6.92 Å². The number of rotatable bonds is 2. The summed E-state index contributed by atoms with van der Waals surface area (Å²) in [5.41, 5.74) is 0. The third-order valence-electron chi connectivity index (χ3n) is 1.01. The molecule has 0 aromatic rings. The smallest absolute Gasteiger partial charge is 0.0834 e. The summed E-state index contributed by atoms with van der Waals surface area (Å²) in [4.78, 5) is 0. The molecule has 1 fully saturated rings. The molecule has 0 radical (unpaired) electrons. The largest absolute Gasteiger partial charge is 0.393 e. The van der Waals surface area contributed by atoms with Gasteiger partial charge < -0.3 is 9.84 Å². The van der Waals surface area contributed by atoms with Gasteiger partial charge in [-0.1, -0.05) is 21.3 Å². The van der Waals surface area contributed by atoms with Gasteiger partial charge in [-0.3, -0.25) is 0 Å². The molecule has 0 spiro atoms. The third kappa shape index (κ3) is 7.92. The minimum Gasteiger partial charge on any atom is -0.393 e. The molecule has 1 aliphatic heterocycles. The lowest BCUT2D eigenvalue weighted by Crippen LogP contribution is -2.02. The molecule has 1 heterocycles. The summed E-state index contributed by atoms with van der Waals surface area (Å²) in [6, 6.07) is 0.